The van der Waals surface area contributed by atoms with Crippen molar-refractivity contribution in [2.24, 2.45) is 0 Å². The fourth-order valence-corrected chi connectivity index (χ4v) is 6.44. The van der Waals surface area contributed by atoms with E-state index in [0.717, 1.165) is 34.2 Å². The van der Waals surface area contributed by atoms with Gasteiger partial charge in [0.25, 0.3) is 0 Å². The number of rotatable bonds is 17. The molecule has 2 atom stereocenters. The number of alkyl carbamates (subject to hydrolysis) is 1. The van der Waals surface area contributed by atoms with E-state index in [1.165, 1.54) is 11.3 Å². The molecule has 3 N–H and O–H groups in total. The van der Waals surface area contributed by atoms with Crippen LogP contribution in [0.3, 0.4) is 0 Å². The molecule has 1 saturated heterocycles. The minimum Gasteiger partial charge on any atom is -0.444 e. The predicted molar refractivity (Wildman–Crippen MR) is 183 cm³/mol. The van der Waals surface area contributed by atoms with Crippen LogP contribution in [0, 0.1) is 0 Å². The van der Waals surface area contributed by atoms with Gasteiger partial charge in [0.2, 0.25) is 5.91 Å². The summed E-state index contributed by atoms with van der Waals surface area (Å²) in [7, 11) is 1.71. The van der Waals surface area contributed by atoms with E-state index in [0.29, 0.717) is 64.4 Å². The van der Waals surface area contributed by atoms with E-state index in [2.05, 4.69) is 44.7 Å². The summed E-state index contributed by atoms with van der Waals surface area (Å²) in [5.41, 5.74) is 3.62. The van der Waals surface area contributed by atoms with Crippen LogP contribution in [0.2, 0.25) is 0 Å². The third-order valence-corrected chi connectivity index (χ3v) is 9.71. The molecule has 0 aliphatic carbocycles. The van der Waals surface area contributed by atoms with Gasteiger partial charge in [0.05, 0.1) is 40.8 Å². The first-order valence-electron chi connectivity index (χ1n) is 16.1. The Bertz CT molecular complexity index is 1370. The van der Waals surface area contributed by atoms with Crippen molar-refractivity contribution in [2.75, 3.05) is 46.4 Å². The molecule has 4 rings (SSSR count). The van der Waals surface area contributed by atoms with Gasteiger partial charge in [0, 0.05) is 56.8 Å². The Balaban J connectivity index is 1.29. The number of aromatic nitrogens is 2. The Labute approximate surface area is 285 Å². The van der Waals surface area contributed by atoms with Gasteiger partial charge in [0.15, 0.2) is 0 Å². The summed E-state index contributed by atoms with van der Waals surface area (Å²) >= 11 is 3.02. The van der Waals surface area contributed by atoms with Crippen molar-refractivity contribution in [3.8, 4) is 0 Å². The molecule has 4 amide bonds. The van der Waals surface area contributed by atoms with Crippen molar-refractivity contribution >= 4 is 40.7 Å². The molecule has 3 aromatic rings. The number of thiazole rings is 2. The topological polar surface area (TPSA) is 138 Å². The lowest BCUT2D eigenvalue weighted by atomic mass is 10.0. The Kier molecular flexibility index (Phi) is 14.9. The second-order valence-corrected chi connectivity index (χ2v) is 13.8. The number of carbonyl (C=O) groups is 3. The van der Waals surface area contributed by atoms with Crippen molar-refractivity contribution < 1.29 is 23.9 Å². The first-order chi connectivity index (χ1) is 22.8. The van der Waals surface area contributed by atoms with E-state index in [1.807, 2.05) is 35.7 Å². The maximum absolute atomic E-state index is 13.4. The van der Waals surface area contributed by atoms with Gasteiger partial charge in [-0.3, -0.25) is 14.7 Å². The smallest absolute Gasteiger partial charge is 0.407 e. The molecule has 1 unspecified atom stereocenters. The van der Waals surface area contributed by atoms with E-state index in [-0.39, 0.29) is 24.6 Å². The van der Waals surface area contributed by atoms with Gasteiger partial charge in [0.1, 0.15) is 12.6 Å². The fraction of sp³-hybridized carbons (Fsp3) is 0.545. The minimum atomic E-state index is -0.700. The highest BCUT2D eigenvalue weighted by Gasteiger charge is 2.24. The molecular formula is C33H47N7O5S2. The summed E-state index contributed by atoms with van der Waals surface area (Å²) in [4.78, 5) is 52.5. The van der Waals surface area contributed by atoms with Crippen LogP contribution < -0.4 is 16.0 Å². The first kappa shape index (κ1) is 36.2. The number of hydrogen-bond acceptors (Lipinski definition) is 10. The van der Waals surface area contributed by atoms with Crippen LogP contribution >= 0.6 is 22.7 Å². The van der Waals surface area contributed by atoms with Crippen molar-refractivity contribution in [3.63, 3.8) is 0 Å². The average molecular weight is 686 g/mol. The lowest BCUT2D eigenvalue weighted by molar-refractivity contribution is -0.123. The predicted octanol–water partition coefficient (Wildman–Crippen LogP) is 4.39. The van der Waals surface area contributed by atoms with Crippen LogP contribution in [0.25, 0.3) is 0 Å². The molecule has 3 heterocycles. The van der Waals surface area contributed by atoms with E-state index >= 15 is 0 Å². The highest BCUT2D eigenvalue weighted by atomic mass is 32.1. The van der Waals surface area contributed by atoms with Gasteiger partial charge in [-0.1, -0.05) is 44.2 Å². The lowest BCUT2D eigenvalue weighted by Crippen LogP contribution is -2.52. The summed E-state index contributed by atoms with van der Waals surface area (Å²) in [5, 5.41) is 12.0. The maximum Gasteiger partial charge on any atom is 0.407 e. The zero-order valence-corrected chi connectivity index (χ0v) is 29.1. The SMILES string of the molecule is CC(C)c1nc(CN(C)C(=O)NC(CCN2CCOCC2)C(=O)NCCC[C@H](Cc2ccccc2)NC(=O)OCc2cncs2)cs1. The van der Waals surface area contributed by atoms with E-state index in [4.69, 9.17) is 9.47 Å². The quantitative estimate of drug-likeness (QED) is 0.178. The molecule has 0 radical (unpaired) electrons. The average Bonchev–Trinajstić information content (AvgIpc) is 3.77. The van der Waals surface area contributed by atoms with Gasteiger partial charge in [-0.05, 0) is 31.2 Å². The second-order valence-electron chi connectivity index (χ2n) is 11.9. The molecule has 14 heteroatoms. The fourth-order valence-electron chi connectivity index (χ4n) is 5.11. The number of urea groups is 1. The molecule has 47 heavy (non-hydrogen) atoms. The number of benzene rings is 1. The van der Waals surface area contributed by atoms with Crippen LogP contribution in [0.5, 0.6) is 0 Å². The van der Waals surface area contributed by atoms with E-state index in [1.54, 1.807) is 35.0 Å². The van der Waals surface area contributed by atoms with E-state index < -0.39 is 12.1 Å². The molecule has 0 saturated carbocycles. The first-order valence-corrected chi connectivity index (χ1v) is 17.9. The Hall–Kier alpha value is -3.59. The molecule has 1 aliphatic heterocycles. The highest BCUT2D eigenvalue weighted by Crippen LogP contribution is 2.20. The summed E-state index contributed by atoms with van der Waals surface area (Å²) in [6.45, 7) is 8.70. The molecule has 1 aliphatic rings. The zero-order chi connectivity index (χ0) is 33.4. The van der Waals surface area contributed by atoms with Crippen LogP contribution in [0.1, 0.15) is 60.2 Å². The normalized spacial score (nSPS) is 14.7. The van der Waals surface area contributed by atoms with Crippen LogP contribution in [0.15, 0.2) is 47.4 Å². The number of hydrogen-bond donors (Lipinski definition) is 3. The molecule has 0 spiro atoms. The standard InChI is InChI=1S/C33H47N7O5S2/c1-24(2)31-36-27(22-46-31)20-39(3)32(42)38-29(11-13-40-14-16-44-17-15-40)30(41)35-12-7-10-26(18-25-8-5-4-6-9-25)37-33(43)45-21-28-19-34-23-47-28/h4-6,8-9,19,22-24,26,29H,7,10-18,20-21H2,1-3H3,(H,35,41)(H,37,43)(H,38,42)/t26-,29?/m1/s1. The maximum atomic E-state index is 13.4. The largest absolute Gasteiger partial charge is 0.444 e. The Morgan fingerprint density at radius 3 is 2.57 bits per heavy atom. The molecule has 0 bridgehead atoms. The van der Waals surface area contributed by atoms with Crippen molar-refractivity contribution in [3.05, 3.63) is 68.6 Å². The van der Waals surface area contributed by atoms with Crippen LogP contribution in [0.4, 0.5) is 9.59 Å². The Morgan fingerprint density at radius 1 is 1.09 bits per heavy atom. The second kappa shape index (κ2) is 19.3. The summed E-state index contributed by atoms with van der Waals surface area (Å²) in [5.74, 6) is 0.0980. The third-order valence-electron chi connectivity index (χ3n) is 7.77. The third kappa shape index (κ3) is 12.9. The van der Waals surface area contributed by atoms with Gasteiger partial charge < -0.3 is 30.3 Å². The van der Waals surface area contributed by atoms with Gasteiger partial charge in [-0.2, -0.15) is 0 Å². The highest BCUT2D eigenvalue weighted by molar-refractivity contribution is 7.09. The number of carbonyl (C=O) groups excluding carboxylic acids is 3. The van der Waals surface area contributed by atoms with Crippen LogP contribution in [-0.2, 0) is 33.8 Å². The number of ether oxygens (including phenoxy) is 2. The molecule has 2 aromatic heterocycles. The van der Waals surface area contributed by atoms with Crippen molar-refractivity contribution in [1.82, 2.24) is 35.7 Å². The molecule has 1 aromatic carbocycles. The summed E-state index contributed by atoms with van der Waals surface area (Å²) in [6, 6.07) is 8.73. The van der Waals surface area contributed by atoms with Crippen LogP contribution in [-0.4, -0.2) is 96.3 Å². The van der Waals surface area contributed by atoms with Gasteiger partial charge >= 0.3 is 12.1 Å². The monoisotopic (exact) mass is 685 g/mol. The number of morpholine rings is 1. The van der Waals surface area contributed by atoms with Crippen molar-refractivity contribution in [2.45, 2.75) is 70.7 Å². The number of nitrogens with zero attached hydrogens (tertiary/aromatic N) is 4. The summed E-state index contributed by atoms with van der Waals surface area (Å²) in [6.07, 6.45) is 3.56. The molecular weight excluding hydrogens is 639 g/mol. The Morgan fingerprint density at radius 2 is 1.87 bits per heavy atom. The number of nitrogens with one attached hydrogen (secondary N) is 3. The minimum absolute atomic E-state index is 0.167. The zero-order valence-electron chi connectivity index (χ0n) is 27.5. The summed E-state index contributed by atoms with van der Waals surface area (Å²) < 4.78 is 10.9. The van der Waals surface area contributed by atoms with Gasteiger partial charge in [-0.15, -0.1) is 22.7 Å². The van der Waals surface area contributed by atoms with E-state index in [9.17, 15) is 14.4 Å². The number of amides is 4. The molecule has 1 fully saturated rings. The van der Waals surface area contributed by atoms with Gasteiger partial charge in [-0.25, -0.2) is 14.6 Å². The van der Waals surface area contributed by atoms with Crippen molar-refractivity contribution in [1.29, 1.82) is 0 Å². The molecule has 12 nitrogen and oxygen atoms in total. The lowest BCUT2D eigenvalue weighted by Gasteiger charge is -2.29. The molecule has 256 valence electrons.